The fraction of sp³-hybridized carbons (Fsp3) is 0.375. The number of carbonyl (C=O) groups excluding carboxylic acids is 1. The smallest absolute Gasteiger partial charge is 0.316 e. The molecule has 0 aromatic rings. The Balaban J connectivity index is 2.13. The number of hydrogen-bond acceptors (Lipinski definition) is 1. The Labute approximate surface area is 65.0 Å². The molecule has 0 saturated heterocycles. The standard InChI is InChI=1S/C8H10N2O/c9-8(11)10-7-3-1-2-5-4-6(5)7/h1,3,5H,2,4H2,(H3,9,10,11). The number of nitrogens with two attached hydrogens (primary N) is 1. The first-order chi connectivity index (χ1) is 5.27. The molecule has 2 aliphatic carbocycles. The summed E-state index contributed by atoms with van der Waals surface area (Å²) in [5.74, 6) is 0.696. The monoisotopic (exact) mass is 150 g/mol. The summed E-state index contributed by atoms with van der Waals surface area (Å²) in [7, 11) is 0. The maximum absolute atomic E-state index is 10.5. The van der Waals surface area contributed by atoms with Crippen molar-refractivity contribution in [2.75, 3.05) is 0 Å². The van der Waals surface area contributed by atoms with Crippen LogP contribution in [0, 0.1) is 5.92 Å². The van der Waals surface area contributed by atoms with Gasteiger partial charge in [0.05, 0.1) is 0 Å². The average molecular weight is 150 g/mol. The Morgan fingerprint density at radius 3 is 3.27 bits per heavy atom. The van der Waals surface area contributed by atoms with Crippen LogP contribution in [0.5, 0.6) is 0 Å². The molecule has 3 nitrogen and oxygen atoms in total. The van der Waals surface area contributed by atoms with Crippen molar-refractivity contribution in [3.05, 3.63) is 23.4 Å². The van der Waals surface area contributed by atoms with Crippen LogP contribution in [0.4, 0.5) is 4.79 Å². The summed E-state index contributed by atoms with van der Waals surface area (Å²) in [6.45, 7) is 0. The van der Waals surface area contributed by atoms with Crippen LogP contribution in [0.2, 0.25) is 0 Å². The average Bonchev–Trinajstić information content (AvgIpc) is 2.65. The van der Waals surface area contributed by atoms with Crippen LogP contribution in [-0.4, -0.2) is 6.03 Å². The van der Waals surface area contributed by atoms with E-state index < -0.39 is 6.03 Å². The van der Waals surface area contributed by atoms with Gasteiger partial charge >= 0.3 is 6.03 Å². The van der Waals surface area contributed by atoms with Gasteiger partial charge in [-0.2, -0.15) is 0 Å². The molecule has 1 fully saturated rings. The van der Waals surface area contributed by atoms with Crippen molar-refractivity contribution in [3.63, 3.8) is 0 Å². The molecule has 0 spiro atoms. The predicted molar refractivity (Wildman–Crippen MR) is 41.6 cm³/mol. The van der Waals surface area contributed by atoms with Crippen LogP contribution in [-0.2, 0) is 0 Å². The molecule has 11 heavy (non-hydrogen) atoms. The van der Waals surface area contributed by atoms with Crippen molar-refractivity contribution in [2.45, 2.75) is 12.8 Å². The van der Waals surface area contributed by atoms with Crippen LogP contribution >= 0.6 is 0 Å². The number of fused-ring (bicyclic) bond motifs is 1. The van der Waals surface area contributed by atoms with Crippen LogP contribution < -0.4 is 11.1 Å². The van der Waals surface area contributed by atoms with Gasteiger partial charge in [-0.3, -0.25) is 0 Å². The molecule has 2 amide bonds. The number of carbonyl (C=O) groups is 1. The van der Waals surface area contributed by atoms with Crippen LogP contribution in [0.25, 0.3) is 0 Å². The van der Waals surface area contributed by atoms with Crippen molar-refractivity contribution in [1.29, 1.82) is 0 Å². The molecule has 58 valence electrons. The third-order valence-corrected chi connectivity index (χ3v) is 2.11. The molecule has 2 aliphatic rings. The Kier molecular flexibility index (Phi) is 1.24. The van der Waals surface area contributed by atoms with Crippen molar-refractivity contribution >= 4 is 6.03 Å². The van der Waals surface area contributed by atoms with E-state index in [9.17, 15) is 4.79 Å². The number of allylic oxidation sites excluding steroid dienone is 3. The van der Waals surface area contributed by atoms with Crippen LogP contribution in [0.3, 0.4) is 0 Å². The zero-order chi connectivity index (χ0) is 7.84. The number of nitrogens with one attached hydrogen (secondary N) is 1. The highest BCUT2D eigenvalue weighted by Gasteiger charge is 2.33. The highest BCUT2D eigenvalue weighted by atomic mass is 16.2. The fourth-order valence-corrected chi connectivity index (χ4v) is 1.47. The lowest BCUT2D eigenvalue weighted by Gasteiger charge is -2.04. The van der Waals surface area contributed by atoms with E-state index in [0.29, 0.717) is 5.92 Å². The van der Waals surface area contributed by atoms with Crippen molar-refractivity contribution in [2.24, 2.45) is 11.7 Å². The van der Waals surface area contributed by atoms with Gasteiger partial charge < -0.3 is 11.1 Å². The summed E-state index contributed by atoms with van der Waals surface area (Å²) >= 11 is 0. The molecule has 0 aromatic carbocycles. The number of amides is 2. The molecule has 1 saturated carbocycles. The largest absolute Gasteiger partial charge is 0.351 e. The molecule has 3 heteroatoms. The molecule has 0 bridgehead atoms. The normalized spacial score (nSPS) is 26.4. The minimum atomic E-state index is -0.468. The third kappa shape index (κ3) is 1.13. The first-order valence-corrected chi connectivity index (χ1v) is 3.73. The second kappa shape index (κ2) is 2.12. The van der Waals surface area contributed by atoms with Crippen molar-refractivity contribution < 1.29 is 4.79 Å². The van der Waals surface area contributed by atoms with Gasteiger partial charge in [-0.1, -0.05) is 6.08 Å². The van der Waals surface area contributed by atoms with Gasteiger partial charge in [-0.05, 0) is 30.4 Å². The Bertz CT molecular complexity index is 265. The third-order valence-electron chi connectivity index (χ3n) is 2.11. The number of rotatable bonds is 1. The van der Waals surface area contributed by atoms with E-state index in [1.165, 1.54) is 5.57 Å². The molecule has 0 aromatic heterocycles. The molecule has 1 unspecified atom stereocenters. The number of hydrogen-bond donors (Lipinski definition) is 2. The van der Waals surface area contributed by atoms with E-state index >= 15 is 0 Å². The van der Waals surface area contributed by atoms with Gasteiger partial charge in [0.15, 0.2) is 0 Å². The molecular weight excluding hydrogens is 140 g/mol. The second-order valence-electron chi connectivity index (χ2n) is 2.97. The topological polar surface area (TPSA) is 55.1 Å². The second-order valence-corrected chi connectivity index (χ2v) is 2.97. The summed E-state index contributed by atoms with van der Waals surface area (Å²) in [5, 5.41) is 2.60. The Morgan fingerprint density at radius 2 is 2.55 bits per heavy atom. The number of primary amides is 1. The minimum Gasteiger partial charge on any atom is -0.351 e. The predicted octanol–water partition coefficient (Wildman–Crippen LogP) is 0.889. The molecule has 3 N–H and O–H groups in total. The maximum atomic E-state index is 10.5. The summed E-state index contributed by atoms with van der Waals surface area (Å²) in [5.41, 5.74) is 7.26. The highest BCUT2D eigenvalue weighted by Crippen LogP contribution is 2.45. The van der Waals surface area contributed by atoms with Gasteiger partial charge in [-0.15, -0.1) is 0 Å². The quantitative estimate of drug-likeness (QED) is 0.573. The lowest BCUT2D eigenvalue weighted by atomic mass is 10.1. The molecule has 1 atom stereocenters. The van der Waals surface area contributed by atoms with E-state index in [4.69, 9.17) is 5.73 Å². The fourth-order valence-electron chi connectivity index (χ4n) is 1.47. The summed E-state index contributed by atoms with van der Waals surface area (Å²) < 4.78 is 0. The van der Waals surface area contributed by atoms with Crippen LogP contribution in [0.15, 0.2) is 23.4 Å². The zero-order valence-corrected chi connectivity index (χ0v) is 6.13. The van der Waals surface area contributed by atoms with Gasteiger partial charge in [-0.25, -0.2) is 4.79 Å². The molecule has 2 rings (SSSR count). The van der Waals surface area contributed by atoms with Gasteiger partial charge in [0.2, 0.25) is 0 Å². The lowest BCUT2D eigenvalue weighted by molar-refractivity contribution is 0.251. The van der Waals surface area contributed by atoms with E-state index in [1.807, 2.05) is 6.08 Å². The molecule has 0 heterocycles. The molecule has 0 radical (unpaired) electrons. The van der Waals surface area contributed by atoms with Gasteiger partial charge in [0.25, 0.3) is 0 Å². The molecule has 0 aliphatic heterocycles. The highest BCUT2D eigenvalue weighted by molar-refractivity contribution is 5.75. The first kappa shape index (κ1) is 6.46. The number of urea groups is 1. The summed E-state index contributed by atoms with van der Waals surface area (Å²) in [4.78, 5) is 10.5. The Hall–Kier alpha value is -1.25. The Morgan fingerprint density at radius 1 is 1.73 bits per heavy atom. The van der Waals surface area contributed by atoms with E-state index in [1.54, 1.807) is 0 Å². The van der Waals surface area contributed by atoms with Crippen molar-refractivity contribution in [1.82, 2.24) is 5.32 Å². The van der Waals surface area contributed by atoms with Gasteiger partial charge in [0, 0.05) is 5.70 Å². The maximum Gasteiger partial charge on any atom is 0.316 e. The SMILES string of the molecule is NC(=O)NC1=C2CC2CC=C1. The minimum absolute atomic E-state index is 0.468. The van der Waals surface area contributed by atoms with E-state index in [2.05, 4.69) is 11.4 Å². The zero-order valence-electron chi connectivity index (χ0n) is 6.13. The van der Waals surface area contributed by atoms with Gasteiger partial charge in [0.1, 0.15) is 0 Å². The van der Waals surface area contributed by atoms with E-state index in [0.717, 1.165) is 18.5 Å². The molecular formula is C8H10N2O. The van der Waals surface area contributed by atoms with Crippen molar-refractivity contribution in [3.8, 4) is 0 Å². The summed E-state index contributed by atoms with van der Waals surface area (Å²) in [6, 6.07) is -0.468. The lowest BCUT2D eigenvalue weighted by Crippen LogP contribution is -2.28. The first-order valence-electron chi connectivity index (χ1n) is 3.73. The van der Waals surface area contributed by atoms with E-state index in [-0.39, 0.29) is 0 Å². The van der Waals surface area contributed by atoms with Crippen LogP contribution in [0.1, 0.15) is 12.8 Å². The summed E-state index contributed by atoms with van der Waals surface area (Å²) in [6.07, 6.45) is 6.26.